The van der Waals surface area contributed by atoms with Crippen LogP contribution in [-0.2, 0) is 4.74 Å². The lowest BCUT2D eigenvalue weighted by molar-refractivity contribution is 0.0495. The summed E-state index contributed by atoms with van der Waals surface area (Å²) in [6.07, 6.45) is 0.677. The predicted octanol–water partition coefficient (Wildman–Crippen LogP) is 1.53. The zero-order valence-corrected chi connectivity index (χ0v) is 8.90. The fourth-order valence-electron chi connectivity index (χ4n) is 1.25. The fraction of sp³-hybridized carbons (Fsp3) is 0.273. The summed E-state index contributed by atoms with van der Waals surface area (Å²) in [4.78, 5) is 22.5. The number of carbonyl (C=O) groups excluding carboxylic acids is 1. The van der Waals surface area contributed by atoms with E-state index in [2.05, 4.69) is 0 Å². The van der Waals surface area contributed by atoms with E-state index in [1.807, 2.05) is 6.92 Å². The Morgan fingerprint density at radius 1 is 1.44 bits per heavy atom. The Balaban J connectivity index is 3.08. The standard InChI is InChI=1S/C11H13NO4/c1-2-6-16-11(15)7-4-3-5-8(12)9(7)10(13)14/h3-5H,2,6,12H2,1H3,(H,13,14). The van der Waals surface area contributed by atoms with Gasteiger partial charge in [-0.1, -0.05) is 13.0 Å². The van der Waals surface area contributed by atoms with Crippen molar-refractivity contribution >= 4 is 17.6 Å². The van der Waals surface area contributed by atoms with Gasteiger partial charge in [0.25, 0.3) is 0 Å². The van der Waals surface area contributed by atoms with Crippen LogP contribution in [0.3, 0.4) is 0 Å². The summed E-state index contributed by atoms with van der Waals surface area (Å²) in [6.45, 7) is 2.11. The molecule has 3 N–H and O–H groups in total. The lowest BCUT2D eigenvalue weighted by atomic mass is 10.1. The minimum absolute atomic E-state index is 0.0130. The molecule has 1 aromatic carbocycles. The van der Waals surface area contributed by atoms with E-state index < -0.39 is 11.9 Å². The van der Waals surface area contributed by atoms with Crippen LogP contribution in [-0.4, -0.2) is 23.7 Å². The van der Waals surface area contributed by atoms with Gasteiger partial charge in [-0.3, -0.25) is 0 Å². The third-order valence-corrected chi connectivity index (χ3v) is 1.97. The molecule has 0 aliphatic heterocycles. The molecule has 0 spiro atoms. The molecule has 0 bridgehead atoms. The SMILES string of the molecule is CCCOC(=O)c1cccc(N)c1C(=O)O. The quantitative estimate of drug-likeness (QED) is 0.596. The van der Waals surface area contributed by atoms with Crippen LogP contribution in [0.15, 0.2) is 18.2 Å². The van der Waals surface area contributed by atoms with Gasteiger partial charge in [0, 0.05) is 5.69 Å². The van der Waals surface area contributed by atoms with Gasteiger partial charge < -0.3 is 15.6 Å². The van der Waals surface area contributed by atoms with Gasteiger partial charge in [0.15, 0.2) is 0 Å². The number of carboxylic acid groups (broad SMARTS) is 1. The molecule has 0 atom stereocenters. The number of anilines is 1. The van der Waals surface area contributed by atoms with Crippen molar-refractivity contribution in [2.75, 3.05) is 12.3 Å². The maximum absolute atomic E-state index is 11.5. The van der Waals surface area contributed by atoms with Crippen molar-refractivity contribution in [2.24, 2.45) is 0 Å². The minimum atomic E-state index is -1.23. The zero-order valence-electron chi connectivity index (χ0n) is 8.90. The van der Waals surface area contributed by atoms with E-state index in [0.29, 0.717) is 6.42 Å². The lowest BCUT2D eigenvalue weighted by Crippen LogP contribution is -2.14. The van der Waals surface area contributed by atoms with Gasteiger partial charge in [0.05, 0.1) is 17.7 Å². The van der Waals surface area contributed by atoms with Crippen LogP contribution in [0.4, 0.5) is 5.69 Å². The number of nitrogen functional groups attached to an aromatic ring is 1. The normalized spacial score (nSPS) is 9.81. The highest BCUT2D eigenvalue weighted by molar-refractivity contribution is 6.05. The molecule has 0 aliphatic carbocycles. The minimum Gasteiger partial charge on any atom is -0.478 e. The van der Waals surface area contributed by atoms with E-state index in [9.17, 15) is 9.59 Å². The Kier molecular flexibility index (Phi) is 3.88. The van der Waals surface area contributed by atoms with Gasteiger partial charge in [-0.2, -0.15) is 0 Å². The maximum atomic E-state index is 11.5. The summed E-state index contributed by atoms with van der Waals surface area (Å²) in [5.41, 5.74) is 5.34. The second-order valence-corrected chi connectivity index (χ2v) is 3.21. The number of carboxylic acids is 1. The average molecular weight is 223 g/mol. The van der Waals surface area contributed by atoms with Gasteiger partial charge in [0.2, 0.25) is 0 Å². The van der Waals surface area contributed by atoms with Crippen molar-refractivity contribution < 1.29 is 19.4 Å². The zero-order chi connectivity index (χ0) is 12.1. The monoisotopic (exact) mass is 223 g/mol. The number of benzene rings is 1. The first-order valence-electron chi connectivity index (χ1n) is 4.86. The van der Waals surface area contributed by atoms with Crippen LogP contribution >= 0.6 is 0 Å². The second-order valence-electron chi connectivity index (χ2n) is 3.21. The molecule has 0 saturated heterocycles. The lowest BCUT2D eigenvalue weighted by Gasteiger charge is -2.08. The Hall–Kier alpha value is -2.04. The summed E-state index contributed by atoms with van der Waals surface area (Å²) in [6, 6.07) is 4.34. The van der Waals surface area contributed by atoms with Gasteiger partial charge in [-0.15, -0.1) is 0 Å². The first-order chi connectivity index (χ1) is 7.57. The van der Waals surface area contributed by atoms with Gasteiger partial charge in [-0.25, -0.2) is 9.59 Å². The van der Waals surface area contributed by atoms with Crippen LogP contribution < -0.4 is 5.73 Å². The molecule has 86 valence electrons. The molecule has 0 amide bonds. The number of esters is 1. The summed E-state index contributed by atoms with van der Waals surface area (Å²) < 4.78 is 4.87. The number of ether oxygens (including phenoxy) is 1. The molecule has 1 aromatic rings. The number of hydrogen-bond acceptors (Lipinski definition) is 4. The number of hydrogen-bond donors (Lipinski definition) is 2. The Labute approximate surface area is 92.8 Å². The number of nitrogens with two attached hydrogens (primary N) is 1. The number of rotatable bonds is 4. The maximum Gasteiger partial charge on any atom is 0.339 e. The molecular formula is C11H13NO4. The Bertz CT molecular complexity index is 414. The molecule has 1 rings (SSSR count). The predicted molar refractivity (Wildman–Crippen MR) is 58.4 cm³/mol. The van der Waals surface area contributed by atoms with Crippen LogP contribution in [0, 0.1) is 0 Å². The van der Waals surface area contributed by atoms with Crippen LogP contribution in [0.1, 0.15) is 34.1 Å². The molecule has 0 unspecified atom stereocenters. The molecule has 0 fully saturated rings. The molecule has 0 aliphatic rings. The van der Waals surface area contributed by atoms with Crippen molar-refractivity contribution in [1.29, 1.82) is 0 Å². The molecule has 16 heavy (non-hydrogen) atoms. The molecule has 0 radical (unpaired) electrons. The first kappa shape index (κ1) is 12.0. The number of carbonyl (C=O) groups is 2. The van der Waals surface area contributed by atoms with Crippen molar-refractivity contribution in [3.8, 4) is 0 Å². The van der Waals surface area contributed by atoms with E-state index in [1.165, 1.54) is 18.2 Å². The van der Waals surface area contributed by atoms with Crippen LogP contribution in [0.2, 0.25) is 0 Å². The van der Waals surface area contributed by atoms with E-state index in [4.69, 9.17) is 15.6 Å². The fourth-order valence-corrected chi connectivity index (χ4v) is 1.25. The molecule has 0 aromatic heterocycles. The van der Waals surface area contributed by atoms with Crippen molar-refractivity contribution in [3.63, 3.8) is 0 Å². The van der Waals surface area contributed by atoms with Crippen LogP contribution in [0.5, 0.6) is 0 Å². The highest BCUT2D eigenvalue weighted by atomic mass is 16.5. The smallest absolute Gasteiger partial charge is 0.339 e. The topological polar surface area (TPSA) is 89.6 Å². The summed E-state index contributed by atoms with van der Waals surface area (Å²) in [5.74, 6) is -1.90. The first-order valence-corrected chi connectivity index (χ1v) is 4.86. The highest BCUT2D eigenvalue weighted by Crippen LogP contribution is 2.18. The summed E-state index contributed by atoms with van der Waals surface area (Å²) in [7, 11) is 0. The van der Waals surface area contributed by atoms with E-state index in [-0.39, 0.29) is 23.4 Å². The Morgan fingerprint density at radius 3 is 2.69 bits per heavy atom. The second kappa shape index (κ2) is 5.16. The van der Waals surface area contributed by atoms with E-state index in [0.717, 1.165) is 0 Å². The number of aromatic carboxylic acids is 1. The molecular weight excluding hydrogens is 210 g/mol. The summed E-state index contributed by atoms with van der Waals surface area (Å²) >= 11 is 0. The molecule has 0 saturated carbocycles. The summed E-state index contributed by atoms with van der Waals surface area (Å²) in [5, 5.41) is 8.93. The highest BCUT2D eigenvalue weighted by Gasteiger charge is 2.19. The van der Waals surface area contributed by atoms with Gasteiger partial charge >= 0.3 is 11.9 Å². The van der Waals surface area contributed by atoms with E-state index >= 15 is 0 Å². The van der Waals surface area contributed by atoms with Crippen molar-refractivity contribution in [3.05, 3.63) is 29.3 Å². The average Bonchev–Trinajstić information content (AvgIpc) is 2.24. The van der Waals surface area contributed by atoms with Crippen LogP contribution in [0.25, 0.3) is 0 Å². The van der Waals surface area contributed by atoms with Gasteiger partial charge in [0.1, 0.15) is 0 Å². The van der Waals surface area contributed by atoms with E-state index in [1.54, 1.807) is 0 Å². The van der Waals surface area contributed by atoms with Crippen molar-refractivity contribution in [2.45, 2.75) is 13.3 Å². The third-order valence-electron chi connectivity index (χ3n) is 1.97. The molecule has 0 heterocycles. The largest absolute Gasteiger partial charge is 0.478 e. The molecule has 5 heteroatoms. The van der Waals surface area contributed by atoms with Crippen molar-refractivity contribution in [1.82, 2.24) is 0 Å². The third kappa shape index (κ3) is 2.50. The molecule has 5 nitrogen and oxygen atoms in total. The van der Waals surface area contributed by atoms with Gasteiger partial charge in [-0.05, 0) is 18.6 Å². The Morgan fingerprint density at radius 2 is 2.12 bits per heavy atom.